The topological polar surface area (TPSA) is 72.2 Å². The zero-order valence-corrected chi connectivity index (χ0v) is 16.2. The summed E-state index contributed by atoms with van der Waals surface area (Å²) < 4.78 is 38.9. The number of hydrogen-bond acceptors (Lipinski definition) is 3. The first-order chi connectivity index (χ1) is 13.6. The zero-order valence-electron chi connectivity index (χ0n) is 16.2. The largest absolute Gasteiger partial charge is 0.481 e. The molecule has 1 aliphatic carbocycles. The Kier molecular flexibility index (Phi) is 5.82. The standard InChI is InChI=1S/C21H23F3N2O3/c1-12-5-3-8-16(13(12)2)18(14-6-4-7-15(9-14)19(27)28)17-10-26(11-25-17)20(29)21(22,23)24/h3,5,8,10-11,14-15,18H,4,6-7,9H2,1-2H3,(H,27,28). The Labute approximate surface area is 166 Å². The molecule has 3 atom stereocenters. The molecule has 156 valence electrons. The number of carbonyl (C=O) groups excluding carboxylic acids is 1. The van der Waals surface area contributed by atoms with E-state index < -0.39 is 24.0 Å². The summed E-state index contributed by atoms with van der Waals surface area (Å²) in [5, 5.41) is 9.45. The molecule has 1 fully saturated rings. The maximum Gasteiger partial charge on any atom is 0.472 e. The van der Waals surface area contributed by atoms with Crippen molar-refractivity contribution in [1.82, 2.24) is 9.55 Å². The van der Waals surface area contributed by atoms with E-state index in [1.54, 1.807) is 0 Å². The van der Waals surface area contributed by atoms with E-state index in [-0.39, 0.29) is 11.8 Å². The van der Waals surface area contributed by atoms with Crippen molar-refractivity contribution < 1.29 is 27.9 Å². The Morgan fingerprint density at radius 1 is 1.24 bits per heavy atom. The summed E-state index contributed by atoms with van der Waals surface area (Å²) in [4.78, 5) is 27.3. The molecule has 3 unspecified atom stereocenters. The lowest BCUT2D eigenvalue weighted by Gasteiger charge is -2.33. The Hall–Kier alpha value is -2.64. The van der Waals surface area contributed by atoms with Gasteiger partial charge in [-0.15, -0.1) is 0 Å². The predicted octanol–water partition coefficient (Wildman–Crippen LogP) is 4.73. The van der Waals surface area contributed by atoms with Gasteiger partial charge in [0.25, 0.3) is 0 Å². The van der Waals surface area contributed by atoms with Gasteiger partial charge in [0.15, 0.2) is 0 Å². The molecule has 1 saturated carbocycles. The van der Waals surface area contributed by atoms with Gasteiger partial charge in [-0.3, -0.25) is 14.2 Å². The molecule has 0 bridgehead atoms. The van der Waals surface area contributed by atoms with Crippen molar-refractivity contribution in [3.63, 3.8) is 0 Å². The number of nitrogens with zero attached hydrogens (tertiary/aromatic N) is 2. The van der Waals surface area contributed by atoms with E-state index in [9.17, 15) is 27.9 Å². The Bertz CT molecular complexity index is 920. The van der Waals surface area contributed by atoms with Crippen molar-refractivity contribution in [2.75, 3.05) is 0 Å². The van der Waals surface area contributed by atoms with E-state index >= 15 is 0 Å². The molecule has 1 aliphatic rings. The van der Waals surface area contributed by atoms with Gasteiger partial charge in [-0.25, -0.2) is 4.98 Å². The van der Waals surface area contributed by atoms with E-state index in [0.717, 1.165) is 42.1 Å². The second-order valence-corrected chi connectivity index (χ2v) is 7.74. The third-order valence-corrected chi connectivity index (χ3v) is 5.92. The second-order valence-electron chi connectivity index (χ2n) is 7.74. The normalized spacial score (nSPS) is 21.0. The van der Waals surface area contributed by atoms with Gasteiger partial charge in [0, 0.05) is 12.1 Å². The predicted molar refractivity (Wildman–Crippen MR) is 99.8 cm³/mol. The molecule has 1 aromatic heterocycles. The molecule has 1 N–H and O–H groups in total. The third kappa shape index (κ3) is 4.36. The fourth-order valence-corrected chi connectivity index (χ4v) is 4.28. The lowest BCUT2D eigenvalue weighted by atomic mass is 9.71. The molecule has 0 radical (unpaired) electrons. The molecule has 29 heavy (non-hydrogen) atoms. The van der Waals surface area contributed by atoms with Gasteiger partial charge >= 0.3 is 18.1 Å². The average molecular weight is 408 g/mol. The summed E-state index contributed by atoms with van der Waals surface area (Å²) in [5.41, 5.74) is 3.29. The van der Waals surface area contributed by atoms with Crippen molar-refractivity contribution in [2.45, 2.75) is 51.6 Å². The average Bonchev–Trinajstić information content (AvgIpc) is 3.13. The minimum atomic E-state index is -4.99. The van der Waals surface area contributed by atoms with Gasteiger partial charge in [0.2, 0.25) is 0 Å². The fraction of sp³-hybridized carbons (Fsp3) is 0.476. The molecule has 3 rings (SSSR count). The van der Waals surface area contributed by atoms with Gasteiger partial charge < -0.3 is 5.11 Å². The van der Waals surface area contributed by atoms with Crippen LogP contribution in [0.1, 0.15) is 58.8 Å². The van der Waals surface area contributed by atoms with E-state index in [2.05, 4.69) is 4.98 Å². The quantitative estimate of drug-likeness (QED) is 0.794. The molecule has 5 nitrogen and oxygen atoms in total. The highest BCUT2D eigenvalue weighted by Gasteiger charge is 2.41. The highest BCUT2D eigenvalue weighted by molar-refractivity contribution is 5.84. The third-order valence-electron chi connectivity index (χ3n) is 5.92. The molecule has 0 saturated heterocycles. The maximum absolute atomic E-state index is 12.8. The van der Waals surface area contributed by atoms with Crippen LogP contribution in [-0.4, -0.2) is 32.7 Å². The summed E-state index contributed by atoms with van der Waals surface area (Å²) in [6.45, 7) is 3.88. The molecule has 8 heteroatoms. The summed E-state index contributed by atoms with van der Waals surface area (Å²) in [5.74, 6) is -3.80. The number of aryl methyl sites for hydroxylation is 1. The van der Waals surface area contributed by atoms with Crippen molar-refractivity contribution >= 4 is 11.9 Å². The van der Waals surface area contributed by atoms with Crippen LogP contribution in [0.5, 0.6) is 0 Å². The Morgan fingerprint density at radius 3 is 2.62 bits per heavy atom. The lowest BCUT2D eigenvalue weighted by Crippen LogP contribution is -2.28. The van der Waals surface area contributed by atoms with Crippen LogP contribution in [0.4, 0.5) is 13.2 Å². The SMILES string of the molecule is Cc1cccc(C(c2cn(C(=O)C(F)(F)F)cn2)C2CCCC(C(=O)O)C2)c1C. The molecule has 1 heterocycles. The number of benzene rings is 1. The van der Waals surface area contributed by atoms with Gasteiger partial charge in [0.05, 0.1) is 11.6 Å². The number of carboxylic acids is 1. The van der Waals surface area contributed by atoms with E-state index in [4.69, 9.17) is 0 Å². The van der Waals surface area contributed by atoms with Crippen LogP contribution in [-0.2, 0) is 4.79 Å². The monoisotopic (exact) mass is 408 g/mol. The van der Waals surface area contributed by atoms with E-state index in [1.165, 1.54) is 0 Å². The minimum absolute atomic E-state index is 0.0883. The number of halogens is 3. The molecule has 1 aromatic carbocycles. The molecular weight excluding hydrogens is 385 g/mol. The Morgan fingerprint density at radius 2 is 1.97 bits per heavy atom. The van der Waals surface area contributed by atoms with Crippen LogP contribution in [0.25, 0.3) is 0 Å². The molecule has 2 aromatic rings. The number of carbonyl (C=O) groups is 2. The first-order valence-electron chi connectivity index (χ1n) is 9.54. The van der Waals surface area contributed by atoms with Crippen molar-refractivity contribution in [1.29, 1.82) is 0 Å². The van der Waals surface area contributed by atoms with E-state index in [0.29, 0.717) is 23.1 Å². The summed E-state index contributed by atoms with van der Waals surface area (Å²) in [6, 6.07) is 5.73. The van der Waals surface area contributed by atoms with Crippen LogP contribution in [0.15, 0.2) is 30.7 Å². The van der Waals surface area contributed by atoms with Crippen LogP contribution >= 0.6 is 0 Å². The molecule has 0 amide bonds. The van der Waals surface area contributed by atoms with Crippen LogP contribution in [0.2, 0.25) is 0 Å². The molecular formula is C21H23F3N2O3. The van der Waals surface area contributed by atoms with E-state index in [1.807, 2.05) is 32.0 Å². The summed E-state index contributed by atoms with van der Waals surface area (Å²) in [6.07, 6.45) is -0.480. The van der Waals surface area contributed by atoms with Crippen LogP contribution in [0.3, 0.4) is 0 Å². The lowest BCUT2D eigenvalue weighted by molar-refractivity contribution is -0.143. The number of aromatic nitrogens is 2. The van der Waals surface area contributed by atoms with Gasteiger partial charge in [-0.05, 0) is 55.7 Å². The van der Waals surface area contributed by atoms with Gasteiger partial charge in [0.1, 0.15) is 6.33 Å². The number of hydrogen-bond donors (Lipinski definition) is 1. The first kappa shape index (κ1) is 21.1. The fourth-order valence-electron chi connectivity index (χ4n) is 4.28. The molecule has 0 spiro atoms. The number of carboxylic acid groups (broad SMARTS) is 1. The van der Waals surface area contributed by atoms with Crippen LogP contribution < -0.4 is 0 Å². The zero-order chi connectivity index (χ0) is 21.3. The van der Waals surface area contributed by atoms with Crippen LogP contribution in [0, 0.1) is 25.7 Å². The maximum atomic E-state index is 12.8. The number of alkyl halides is 3. The highest BCUT2D eigenvalue weighted by Crippen LogP contribution is 2.43. The second kappa shape index (κ2) is 8.00. The number of rotatable bonds is 4. The van der Waals surface area contributed by atoms with Crippen molar-refractivity contribution in [3.8, 4) is 0 Å². The van der Waals surface area contributed by atoms with Crippen molar-refractivity contribution in [2.24, 2.45) is 11.8 Å². The first-order valence-corrected chi connectivity index (χ1v) is 9.54. The van der Waals surface area contributed by atoms with Crippen molar-refractivity contribution in [3.05, 3.63) is 53.1 Å². The van der Waals surface area contributed by atoms with Gasteiger partial charge in [-0.1, -0.05) is 24.6 Å². The number of imidazole rings is 1. The smallest absolute Gasteiger partial charge is 0.472 e. The summed E-state index contributed by atoms with van der Waals surface area (Å²) >= 11 is 0. The van der Waals surface area contributed by atoms with Gasteiger partial charge in [-0.2, -0.15) is 13.2 Å². The minimum Gasteiger partial charge on any atom is -0.481 e. The highest BCUT2D eigenvalue weighted by atomic mass is 19.4. The Balaban J connectivity index is 2.04. The number of aliphatic carboxylic acids is 1. The summed E-state index contributed by atoms with van der Waals surface area (Å²) in [7, 11) is 0. The molecule has 0 aliphatic heterocycles.